The predicted octanol–water partition coefficient (Wildman–Crippen LogP) is 2.22. The molecule has 0 amide bonds. The Labute approximate surface area is 172 Å². The summed E-state index contributed by atoms with van der Waals surface area (Å²) in [7, 11) is 0. The third-order valence-electron chi connectivity index (χ3n) is 4.57. The number of thioether (sulfide) groups is 1. The van der Waals surface area contributed by atoms with Crippen LogP contribution in [0, 0.1) is 0 Å². The number of nitrogens with one attached hydrogen (secondary N) is 1. The van der Waals surface area contributed by atoms with Gasteiger partial charge in [-0.2, -0.15) is 15.0 Å². The van der Waals surface area contributed by atoms with E-state index in [4.69, 9.17) is 10.5 Å². The third-order valence-corrected chi connectivity index (χ3v) is 5.53. The maximum Gasteiger partial charge on any atom is 0.232 e. The Morgan fingerprint density at radius 3 is 3.00 bits per heavy atom. The highest BCUT2D eigenvalue weighted by atomic mass is 32.2. The van der Waals surface area contributed by atoms with E-state index in [0.29, 0.717) is 29.2 Å². The van der Waals surface area contributed by atoms with Gasteiger partial charge in [0.15, 0.2) is 0 Å². The smallest absolute Gasteiger partial charge is 0.232 e. The number of anilines is 3. The quantitative estimate of drug-likeness (QED) is 0.530. The molecule has 1 aromatic carbocycles. The van der Waals surface area contributed by atoms with Crippen LogP contribution in [0.25, 0.3) is 0 Å². The van der Waals surface area contributed by atoms with Crippen molar-refractivity contribution < 1.29 is 4.74 Å². The first kappa shape index (κ1) is 19.5. The molecule has 1 atom stereocenters. The van der Waals surface area contributed by atoms with Crippen LogP contribution in [0.3, 0.4) is 0 Å². The number of para-hydroxylation sites is 1. The second-order valence-corrected chi connectivity index (χ2v) is 7.58. The minimum Gasteiger partial charge on any atom is -0.376 e. The molecule has 29 heavy (non-hydrogen) atoms. The Balaban J connectivity index is 1.44. The van der Waals surface area contributed by atoms with Crippen LogP contribution >= 0.6 is 11.8 Å². The van der Waals surface area contributed by atoms with E-state index in [9.17, 15) is 0 Å². The van der Waals surface area contributed by atoms with Gasteiger partial charge in [-0.15, -0.1) is 5.10 Å². The number of rotatable bonds is 8. The summed E-state index contributed by atoms with van der Waals surface area (Å²) in [5, 5.41) is 15.9. The van der Waals surface area contributed by atoms with Gasteiger partial charge in [0, 0.05) is 12.3 Å². The van der Waals surface area contributed by atoms with Crippen LogP contribution < -0.4 is 11.1 Å². The molecule has 11 heteroatoms. The van der Waals surface area contributed by atoms with E-state index in [1.54, 1.807) is 4.68 Å². The van der Waals surface area contributed by atoms with Gasteiger partial charge < -0.3 is 15.8 Å². The molecule has 1 fully saturated rings. The second-order valence-electron chi connectivity index (χ2n) is 6.64. The lowest BCUT2D eigenvalue weighted by Crippen LogP contribution is -2.17. The molecular weight excluding hydrogens is 390 g/mol. The van der Waals surface area contributed by atoms with Crippen molar-refractivity contribution in [2.75, 3.05) is 17.7 Å². The lowest BCUT2D eigenvalue weighted by Gasteiger charge is -2.11. The van der Waals surface area contributed by atoms with Crippen LogP contribution in [0.15, 0.2) is 29.4 Å². The van der Waals surface area contributed by atoms with Gasteiger partial charge in [0.25, 0.3) is 0 Å². The number of hydrogen-bond acceptors (Lipinski definition) is 10. The number of nitrogens with zero attached hydrogens (tertiary/aromatic N) is 7. The van der Waals surface area contributed by atoms with Gasteiger partial charge in [-0.1, -0.05) is 36.9 Å². The number of hydrogen-bond donors (Lipinski definition) is 2. The molecule has 1 saturated heterocycles. The van der Waals surface area contributed by atoms with E-state index in [1.165, 1.54) is 17.3 Å². The molecule has 152 valence electrons. The maximum absolute atomic E-state index is 5.90. The highest BCUT2D eigenvalue weighted by Crippen LogP contribution is 2.23. The van der Waals surface area contributed by atoms with Crippen LogP contribution in [0.1, 0.15) is 31.2 Å². The minimum absolute atomic E-state index is 0.167. The highest BCUT2D eigenvalue weighted by Gasteiger charge is 2.19. The minimum atomic E-state index is 0.167. The summed E-state index contributed by atoms with van der Waals surface area (Å²) in [5.74, 6) is 1.63. The molecule has 0 radical (unpaired) electrons. The number of nitrogen functional groups attached to an aromatic ring is 1. The summed E-state index contributed by atoms with van der Waals surface area (Å²) in [4.78, 5) is 13.0. The molecule has 1 unspecified atom stereocenters. The lowest BCUT2D eigenvalue weighted by molar-refractivity contribution is 0.0912. The monoisotopic (exact) mass is 413 g/mol. The van der Waals surface area contributed by atoms with Crippen molar-refractivity contribution in [3.05, 3.63) is 35.7 Å². The molecule has 0 spiro atoms. The average molecular weight is 414 g/mol. The molecule has 3 heterocycles. The van der Waals surface area contributed by atoms with Gasteiger partial charge in [-0.05, 0) is 41.3 Å². The van der Waals surface area contributed by atoms with Crippen LogP contribution in [-0.2, 0) is 23.5 Å². The zero-order chi connectivity index (χ0) is 20.1. The van der Waals surface area contributed by atoms with Crippen molar-refractivity contribution in [1.29, 1.82) is 0 Å². The number of aromatic nitrogens is 7. The first-order valence-electron chi connectivity index (χ1n) is 9.57. The van der Waals surface area contributed by atoms with Gasteiger partial charge in [-0.3, -0.25) is 0 Å². The zero-order valence-corrected chi connectivity index (χ0v) is 17.0. The molecule has 0 aliphatic carbocycles. The fourth-order valence-corrected chi connectivity index (χ4v) is 3.90. The molecule has 1 aliphatic rings. The molecule has 3 aromatic rings. The summed E-state index contributed by atoms with van der Waals surface area (Å²) in [6.45, 7) is 3.55. The Hall–Kier alpha value is -2.79. The lowest BCUT2D eigenvalue weighted by atomic mass is 10.1. The van der Waals surface area contributed by atoms with E-state index in [-0.39, 0.29) is 12.1 Å². The normalized spacial score (nSPS) is 16.2. The molecular formula is C18H23N9OS. The SMILES string of the molecule is CCc1ccccc1Nc1nc(N)nc(CSc2nnnn2CC2CCCO2)n1. The van der Waals surface area contributed by atoms with Gasteiger partial charge in [0.05, 0.1) is 18.4 Å². The highest BCUT2D eigenvalue weighted by molar-refractivity contribution is 7.98. The largest absolute Gasteiger partial charge is 0.376 e. The van der Waals surface area contributed by atoms with Crippen LogP contribution in [0.2, 0.25) is 0 Å². The topological polar surface area (TPSA) is 130 Å². The summed E-state index contributed by atoms with van der Waals surface area (Å²) in [5.41, 5.74) is 8.03. The second kappa shape index (κ2) is 9.14. The van der Waals surface area contributed by atoms with Crippen molar-refractivity contribution in [2.24, 2.45) is 0 Å². The summed E-state index contributed by atoms with van der Waals surface area (Å²) < 4.78 is 7.43. The molecule has 2 aromatic heterocycles. The molecule has 3 N–H and O–H groups in total. The van der Waals surface area contributed by atoms with Gasteiger partial charge >= 0.3 is 0 Å². The summed E-state index contributed by atoms with van der Waals surface area (Å²) in [6, 6.07) is 8.04. The van der Waals surface area contributed by atoms with E-state index in [0.717, 1.165) is 31.6 Å². The molecule has 1 aliphatic heterocycles. The standard InChI is InChI=1S/C18H23N9OS/c1-2-12-6-3-4-8-14(12)20-17-22-15(21-16(19)23-17)11-29-18-24-25-26-27(18)10-13-7-5-9-28-13/h3-4,6,8,13H,2,5,7,9-11H2,1H3,(H3,19,20,21,22,23). The first-order valence-corrected chi connectivity index (χ1v) is 10.6. The number of benzene rings is 1. The van der Waals surface area contributed by atoms with Crippen molar-refractivity contribution in [3.8, 4) is 0 Å². The average Bonchev–Trinajstić information content (AvgIpc) is 3.39. The fraction of sp³-hybridized carbons (Fsp3) is 0.444. The van der Waals surface area contributed by atoms with E-state index < -0.39 is 0 Å². The molecule has 10 nitrogen and oxygen atoms in total. The number of aryl methyl sites for hydroxylation is 1. The van der Waals surface area contributed by atoms with Gasteiger partial charge in [0.2, 0.25) is 17.1 Å². The molecule has 0 bridgehead atoms. The fourth-order valence-electron chi connectivity index (χ4n) is 3.15. The van der Waals surface area contributed by atoms with E-state index >= 15 is 0 Å². The molecule has 0 saturated carbocycles. The number of tetrazole rings is 1. The predicted molar refractivity (Wildman–Crippen MR) is 110 cm³/mol. The Bertz CT molecular complexity index is 958. The third kappa shape index (κ3) is 4.98. The Kier molecular flexibility index (Phi) is 6.15. The summed E-state index contributed by atoms with van der Waals surface area (Å²) >= 11 is 1.46. The Morgan fingerprint density at radius 1 is 1.28 bits per heavy atom. The van der Waals surface area contributed by atoms with E-state index in [2.05, 4.69) is 48.8 Å². The Morgan fingerprint density at radius 2 is 2.17 bits per heavy atom. The zero-order valence-electron chi connectivity index (χ0n) is 16.2. The van der Waals surface area contributed by atoms with Crippen molar-refractivity contribution in [1.82, 2.24) is 35.2 Å². The first-order chi connectivity index (χ1) is 14.2. The van der Waals surface area contributed by atoms with Crippen molar-refractivity contribution in [2.45, 2.75) is 49.7 Å². The summed E-state index contributed by atoms with van der Waals surface area (Å²) in [6.07, 6.45) is 3.18. The molecule has 4 rings (SSSR count). The maximum atomic E-state index is 5.90. The van der Waals surface area contributed by atoms with Crippen LogP contribution in [0.4, 0.5) is 17.6 Å². The van der Waals surface area contributed by atoms with Crippen LogP contribution in [-0.4, -0.2) is 47.9 Å². The van der Waals surface area contributed by atoms with Crippen molar-refractivity contribution in [3.63, 3.8) is 0 Å². The van der Waals surface area contributed by atoms with E-state index in [1.807, 2.05) is 18.2 Å². The van der Waals surface area contributed by atoms with Gasteiger partial charge in [0.1, 0.15) is 5.82 Å². The number of ether oxygens (including phenoxy) is 1. The van der Waals surface area contributed by atoms with Crippen molar-refractivity contribution >= 4 is 29.3 Å². The van der Waals surface area contributed by atoms with Crippen LogP contribution in [0.5, 0.6) is 0 Å². The van der Waals surface area contributed by atoms with Gasteiger partial charge in [-0.25, -0.2) is 4.68 Å². The number of nitrogens with two attached hydrogens (primary N) is 1.